The summed E-state index contributed by atoms with van der Waals surface area (Å²) in [6.07, 6.45) is 3.12. The van der Waals surface area contributed by atoms with Crippen LogP contribution in [0.3, 0.4) is 0 Å². The van der Waals surface area contributed by atoms with Crippen LogP contribution in [0.1, 0.15) is 22.9 Å². The molecular formula is C29H24F2N4O4S. The van der Waals surface area contributed by atoms with Crippen molar-refractivity contribution in [2.45, 2.75) is 23.8 Å². The molecule has 3 aromatic carbocycles. The Balaban J connectivity index is 1.53. The number of amides is 1. The van der Waals surface area contributed by atoms with Crippen molar-refractivity contribution in [3.8, 4) is 16.9 Å². The van der Waals surface area contributed by atoms with Crippen LogP contribution in [-0.4, -0.2) is 29.4 Å². The molecule has 8 nitrogen and oxygen atoms in total. The molecule has 2 heterocycles. The number of phenols is 1. The molecule has 0 bridgehead atoms. The molecule has 1 amide bonds. The van der Waals surface area contributed by atoms with Crippen molar-refractivity contribution in [2.75, 3.05) is 0 Å². The normalized spacial score (nSPS) is 12.4. The van der Waals surface area contributed by atoms with Gasteiger partial charge in [-0.15, -0.1) is 0 Å². The molecule has 0 saturated heterocycles. The van der Waals surface area contributed by atoms with Gasteiger partial charge in [-0.25, -0.2) is 22.3 Å². The number of hydrogen-bond acceptors (Lipinski definition) is 5. The average molecular weight is 563 g/mol. The van der Waals surface area contributed by atoms with Gasteiger partial charge in [0, 0.05) is 34.9 Å². The fourth-order valence-electron chi connectivity index (χ4n) is 4.69. The van der Waals surface area contributed by atoms with Crippen molar-refractivity contribution < 1.29 is 27.1 Å². The first-order valence-electron chi connectivity index (χ1n) is 12.2. The van der Waals surface area contributed by atoms with Crippen LogP contribution in [0, 0.1) is 11.6 Å². The average Bonchev–Trinajstić information content (AvgIpc) is 3.28. The Kier molecular flexibility index (Phi) is 7.33. The van der Waals surface area contributed by atoms with E-state index >= 15 is 0 Å². The largest absolute Gasteiger partial charge is 0.508 e. The maximum atomic E-state index is 14.0. The van der Waals surface area contributed by atoms with E-state index in [1.807, 2.05) is 0 Å². The second-order valence-corrected chi connectivity index (χ2v) is 10.9. The molecule has 11 heteroatoms. The zero-order valence-electron chi connectivity index (χ0n) is 20.9. The highest BCUT2D eigenvalue weighted by atomic mass is 32.2. The van der Waals surface area contributed by atoms with E-state index in [-0.39, 0.29) is 29.1 Å². The Hall–Kier alpha value is -4.61. The Bertz CT molecular complexity index is 1820. The van der Waals surface area contributed by atoms with Crippen molar-refractivity contribution in [1.29, 1.82) is 0 Å². The van der Waals surface area contributed by atoms with Crippen LogP contribution < -0.4 is 10.5 Å². The molecule has 0 radical (unpaired) electrons. The number of pyridine rings is 1. The number of hydrogen-bond donors (Lipinski definition) is 4. The summed E-state index contributed by atoms with van der Waals surface area (Å²) < 4.78 is 52.0. The third kappa shape index (κ3) is 6.00. The summed E-state index contributed by atoms with van der Waals surface area (Å²) in [5, 5.41) is 18.8. The summed E-state index contributed by atoms with van der Waals surface area (Å²) in [4.78, 5) is 20.8. The SMILES string of the molecule is NS(=O)(=O)c1cccc(-c2cccnc2C(Cc2cc(F)cc(F)c2)NC(=O)Cc2c[nH]c3ccc(O)cc23)c1. The molecule has 0 aliphatic carbocycles. The van der Waals surface area contributed by atoms with Gasteiger partial charge in [0.1, 0.15) is 17.4 Å². The third-order valence-corrected chi connectivity index (χ3v) is 7.35. The molecule has 0 spiro atoms. The van der Waals surface area contributed by atoms with Crippen LogP contribution in [0.25, 0.3) is 22.0 Å². The highest BCUT2D eigenvalue weighted by Gasteiger charge is 2.23. The number of aromatic nitrogens is 2. The number of primary sulfonamides is 1. The predicted octanol–water partition coefficient (Wildman–Crippen LogP) is 4.50. The Labute approximate surface area is 228 Å². The minimum absolute atomic E-state index is 0.00597. The fraction of sp³-hybridized carbons (Fsp3) is 0.103. The number of nitrogens with one attached hydrogen (secondary N) is 2. The highest BCUT2D eigenvalue weighted by Crippen LogP contribution is 2.31. The van der Waals surface area contributed by atoms with Crippen LogP contribution in [0.2, 0.25) is 0 Å². The molecule has 5 N–H and O–H groups in total. The van der Waals surface area contributed by atoms with E-state index in [0.717, 1.165) is 11.6 Å². The van der Waals surface area contributed by atoms with Gasteiger partial charge < -0.3 is 15.4 Å². The number of benzene rings is 3. The van der Waals surface area contributed by atoms with Crippen molar-refractivity contribution in [1.82, 2.24) is 15.3 Å². The van der Waals surface area contributed by atoms with Gasteiger partial charge in [0.05, 0.1) is 23.1 Å². The lowest BCUT2D eigenvalue weighted by molar-refractivity contribution is -0.121. The minimum Gasteiger partial charge on any atom is -0.508 e. The summed E-state index contributed by atoms with van der Waals surface area (Å²) in [5.74, 6) is -1.87. The highest BCUT2D eigenvalue weighted by molar-refractivity contribution is 7.89. The van der Waals surface area contributed by atoms with Crippen LogP contribution in [0.5, 0.6) is 5.75 Å². The number of halogens is 2. The Morgan fingerprint density at radius 2 is 1.80 bits per heavy atom. The smallest absolute Gasteiger partial charge is 0.238 e. The topological polar surface area (TPSA) is 138 Å². The lowest BCUT2D eigenvalue weighted by atomic mass is 9.95. The van der Waals surface area contributed by atoms with E-state index in [2.05, 4.69) is 15.3 Å². The standard InChI is InChI=1S/C29H24F2N4O4S/c30-20-9-17(10-21(31)14-20)11-27(35-28(37)13-19-16-34-26-7-6-22(36)15-25(19)26)29-24(5-2-8-33-29)18-3-1-4-23(12-18)40(32,38)39/h1-10,12,14-16,27,34,36H,11,13H2,(H,35,37)(H2,32,38,39). The van der Waals surface area contributed by atoms with Crippen LogP contribution in [-0.2, 0) is 27.7 Å². The van der Waals surface area contributed by atoms with Gasteiger partial charge >= 0.3 is 0 Å². The number of carbonyl (C=O) groups is 1. The molecule has 2 aromatic heterocycles. The van der Waals surface area contributed by atoms with Gasteiger partial charge in [-0.1, -0.05) is 18.2 Å². The van der Waals surface area contributed by atoms with Crippen molar-refractivity contribution >= 4 is 26.8 Å². The van der Waals surface area contributed by atoms with E-state index < -0.39 is 33.6 Å². The molecule has 1 unspecified atom stereocenters. The zero-order valence-corrected chi connectivity index (χ0v) is 21.8. The minimum atomic E-state index is -3.99. The van der Waals surface area contributed by atoms with Crippen LogP contribution in [0.15, 0.2) is 90.1 Å². The lowest BCUT2D eigenvalue weighted by Gasteiger charge is -2.22. The second-order valence-electron chi connectivity index (χ2n) is 9.33. The number of aromatic amines is 1. The molecule has 40 heavy (non-hydrogen) atoms. The van der Waals surface area contributed by atoms with Gasteiger partial charge in [0.25, 0.3) is 0 Å². The predicted molar refractivity (Wildman–Crippen MR) is 146 cm³/mol. The van der Waals surface area contributed by atoms with Gasteiger partial charge in [0.2, 0.25) is 15.9 Å². The molecule has 0 aliphatic rings. The molecule has 204 valence electrons. The Morgan fingerprint density at radius 3 is 2.55 bits per heavy atom. The molecular weight excluding hydrogens is 538 g/mol. The van der Waals surface area contributed by atoms with Crippen molar-refractivity contribution in [3.63, 3.8) is 0 Å². The molecule has 5 aromatic rings. The number of H-pyrrole nitrogens is 1. The third-order valence-electron chi connectivity index (χ3n) is 6.44. The van der Waals surface area contributed by atoms with E-state index in [1.54, 1.807) is 36.5 Å². The fourth-order valence-corrected chi connectivity index (χ4v) is 5.25. The number of phenolic OH excluding ortho intramolecular Hbond substituents is 1. The molecule has 0 aliphatic heterocycles. The first kappa shape index (κ1) is 27.0. The number of fused-ring (bicyclic) bond motifs is 1. The number of aromatic hydroxyl groups is 1. The number of sulfonamides is 1. The first-order valence-corrected chi connectivity index (χ1v) is 13.7. The van der Waals surface area contributed by atoms with Crippen molar-refractivity contribution in [3.05, 3.63) is 114 Å². The molecule has 1 atom stereocenters. The summed E-state index contributed by atoms with van der Waals surface area (Å²) in [6, 6.07) is 16.4. The number of nitrogens with zero attached hydrogens (tertiary/aromatic N) is 1. The summed E-state index contributed by atoms with van der Waals surface area (Å²) in [5.41, 5.74) is 3.02. The van der Waals surface area contributed by atoms with Gasteiger partial charge in [-0.2, -0.15) is 0 Å². The second kappa shape index (κ2) is 10.9. The van der Waals surface area contributed by atoms with Gasteiger partial charge in [-0.05, 0) is 71.6 Å². The molecule has 5 rings (SSSR count). The van der Waals surface area contributed by atoms with Crippen LogP contribution >= 0.6 is 0 Å². The van der Waals surface area contributed by atoms with E-state index in [1.165, 1.54) is 42.6 Å². The maximum absolute atomic E-state index is 14.0. The number of rotatable bonds is 8. The molecule has 0 saturated carbocycles. The summed E-state index contributed by atoms with van der Waals surface area (Å²) >= 11 is 0. The number of nitrogens with two attached hydrogens (primary N) is 1. The van der Waals surface area contributed by atoms with Gasteiger partial charge in [-0.3, -0.25) is 9.78 Å². The van der Waals surface area contributed by atoms with E-state index in [4.69, 9.17) is 5.14 Å². The maximum Gasteiger partial charge on any atom is 0.238 e. The van der Waals surface area contributed by atoms with E-state index in [0.29, 0.717) is 27.8 Å². The summed E-state index contributed by atoms with van der Waals surface area (Å²) in [6.45, 7) is 0. The number of carbonyl (C=O) groups excluding carboxylic acids is 1. The van der Waals surface area contributed by atoms with Crippen molar-refractivity contribution in [2.24, 2.45) is 5.14 Å². The monoisotopic (exact) mass is 562 g/mol. The summed E-state index contributed by atoms with van der Waals surface area (Å²) in [7, 11) is -3.99. The van der Waals surface area contributed by atoms with E-state index in [9.17, 15) is 27.1 Å². The van der Waals surface area contributed by atoms with Crippen LogP contribution in [0.4, 0.5) is 8.78 Å². The molecule has 0 fully saturated rings. The lowest BCUT2D eigenvalue weighted by Crippen LogP contribution is -2.32. The Morgan fingerprint density at radius 1 is 1.02 bits per heavy atom. The van der Waals surface area contributed by atoms with Gasteiger partial charge in [0.15, 0.2) is 0 Å². The quantitative estimate of drug-likeness (QED) is 0.221. The first-order chi connectivity index (χ1) is 19.1. The zero-order chi connectivity index (χ0) is 28.4.